The maximum Gasteiger partial charge on any atom is 0.257 e. The minimum Gasteiger partial charge on any atom is -0.353 e. The number of rotatable bonds is 2. The van der Waals surface area contributed by atoms with Gasteiger partial charge in [0.15, 0.2) is 0 Å². The maximum atomic E-state index is 12.5. The van der Waals surface area contributed by atoms with Gasteiger partial charge in [0.1, 0.15) is 6.04 Å². The molecule has 3 rings (SSSR count). The van der Waals surface area contributed by atoms with Gasteiger partial charge in [-0.1, -0.05) is 18.2 Å². The van der Waals surface area contributed by atoms with Gasteiger partial charge in [0.25, 0.3) is 5.91 Å². The highest BCUT2D eigenvalue weighted by atomic mass is 16.2. The lowest BCUT2D eigenvalue weighted by Crippen LogP contribution is -2.55. The standard InChI is InChI=1S/C15H16N4O2/c1-11-14(20)16-7-8-18(11)15(21)12-9-17-19(10-12)13-5-3-2-4-6-13/h2-6,9-11H,7-8H2,1H3,(H,16,20). The fourth-order valence-electron chi connectivity index (χ4n) is 2.38. The molecule has 2 heterocycles. The van der Waals surface area contributed by atoms with Gasteiger partial charge < -0.3 is 10.2 Å². The number of nitrogens with zero attached hydrogens (tertiary/aromatic N) is 3. The summed E-state index contributed by atoms with van der Waals surface area (Å²) in [6, 6.07) is 9.13. The smallest absolute Gasteiger partial charge is 0.257 e. The Morgan fingerprint density at radius 3 is 2.86 bits per heavy atom. The van der Waals surface area contributed by atoms with Crippen LogP contribution in [0.1, 0.15) is 17.3 Å². The van der Waals surface area contributed by atoms with Crippen LogP contribution >= 0.6 is 0 Å². The Labute approximate surface area is 122 Å². The summed E-state index contributed by atoms with van der Waals surface area (Å²) in [6.07, 6.45) is 3.23. The Balaban J connectivity index is 1.83. The summed E-state index contributed by atoms with van der Waals surface area (Å²) < 4.78 is 1.65. The van der Waals surface area contributed by atoms with Gasteiger partial charge in [0.05, 0.1) is 17.4 Å². The van der Waals surface area contributed by atoms with Gasteiger partial charge >= 0.3 is 0 Å². The number of hydrogen-bond donors (Lipinski definition) is 1. The predicted molar refractivity (Wildman–Crippen MR) is 77.1 cm³/mol. The minimum absolute atomic E-state index is 0.120. The van der Waals surface area contributed by atoms with Gasteiger partial charge in [-0.15, -0.1) is 0 Å². The number of carbonyl (C=O) groups is 2. The van der Waals surface area contributed by atoms with Crippen molar-refractivity contribution >= 4 is 11.8 Å². The SMILES string of the molecule is CC1C(=O)NCCN1C(=O)c1cnn(-c2ccccc2)c1. The van der Waals surface area contributed by atoms with Gasteiger partial charge in [-0.3, -0.25) is 9.59 Å². The summed E-state index contributed by atoms with van der Waals surface area (Å²) in [6.45, 7) is 2.73. The average Bonchev–Trinajstić information content (AvgIpc) is 3.00. The second-order valence-corrected chi connectivity index (χ2v) is 4.97. The van der Waals surface area contributed by atoms with Crippen LogP contribution < -0.4 is 5.32 Å². The van der Waals surface area contributed by atoms with Crippen molar-refractivity contribution in [1.29, 1.82) is 0 Å². The maximum absolute atomic E-state index is 12.5. The highest BCUT2D eigenvalue weighted by molar-refractivity contribution is 5.97. The topological polar surface area (TPSA) is 67.2 Å². The molecule has 1 fully saturated rings. The van der Waals surface area contributed by atoms with Crippen molar-refractivity contribution in [1.82, 2.24) is 20.0 Å². The average molecular weight is 284 g/mol. The molecule has 0 saturated carbocycles. The first-order valence-electron chi connectivity index (χ1n) is 6.85. The zero-order chi connectivity index (χ0) is 14.8. The van der Waals surface area contributed by atoms with E-state index in [1.807, 2.05) is 30.3 Å². The first kappa shape index (κ1) is 13.4. The van der Waals surface area contributed by atoms with Gasteiger partial charge in [-0.05, 0) is 19.1 Å². The molecular formula is C15H16N4O2. The van der Waals surface area contributed by atoms with E-state index in [4.69, 9.17) is 0 Å². The Morgan fingerprint density at radius 2 is 2.10 bits per heavy atom. The number of piperazine rings is 1. The van der Waals surface area contributed by atoms with Crippen molar-refractivity contribution in [2.75, 3.05) is 13.1 Å². The lowest BCUT2D eigenvalue weighted by molar-refractivity contribution is -0.127. The minimum atomic E-state index is -0.452. The largest absolute Gasteiger partial charge is 0.353 e. The van der Waals surface area contributed by atoms with Crippen LogP contribution in [-0.4, -0.2) is 45.6 Å². The molecule has 1 atom stereocenters. The molecule has 6 heteroatoms. The van der Waals surface area contributed by atoms with E-state index in [1.54, 1.807) is 22.7 Å². The molecule has 108 valence electrons. The number of para-hydroxylation sites is 1. The van der Waals surface area contributed by atoms with E-state index in [1.165, 1.54) is 6.20 Å². The lowest BCUT2D eigenvalue weighted by atomic mass is 10.1. The molecule has 1 aliphatic heterocycles. The zero-order valence-electron chi connectivity index (χ0n) is 11.7. The van der Waals surface area contributed by atoms with Crippen molar-refractivity contribution in [3.63, 3.8) is 0 Å². The molecule has 0 radical (unpaired) electrons. The zero-order valence-corrected chi connectivity index (χ0v) is 11.7. The van der Waals surface area contributed by atoms with E-state index in [0.29, 0.717) is 18.7 Å². The van der Waals surface area contributed by atoms with Crippen molar-refractivity contribution in [2.45, 2.75) is 13.0 Å². The third kappa shape index (κ3) is 2.52. The van der Waals surface area contributed by atoms with Crippen LogP contribution in [-0.2, 0) is 4.79 Å². The van der Waals surface area contributed by atoms with E-state index in [-0.39, 0.29) is 11.8 Å². The fraction of sp³-hybridized carbons (Fsp3) is 0.267. The highest BCUT2D eigenvalue weighted by Gasteiger charge is 2.30. The van der Waals surface area contributed by atoms with E-state index in [2.05, 4.69) is 10.4 Å². The summed E-state index contributed by atoms with van der Waals surface area (Å²) in [5.74, 6) is -0.287. The van der Waals surface area contributed by atoms with Crippen LogP contribution in [0.5, 0.6) is 0 Å². The van der Waals surface area contributed by atoms with E-state index in [9.17, 15) is 9.59 Å². The van der Waals surface area contributed by atoms with Crippen LogP contribution in [0.3, 0.4) is 0 Å². The molecule has 1 N–H and O–H groups in total. The van der Waals surface area contributed by atoms with E-state index in [0.717, 1.165) is 5.69 Å². The Morgan fingerprint density at radius 1 is 1.33 bits per heavy atom. The molecule has 0 aliphatic carbocycles. The molecule has 1 aromatic heterocycles. The Bertz CT molecular complexity index is 665. The van der Waals surface area contributed by atoms with Gasteiger partial charge in [0, 0.05) is 19.3 Å². The number of aromatic nitrogens is 2. The number of amides is 2. The quantitative estimate of drug-likeness (QED) is 0.888. The molecule has 1 saturated heterocycles. The molecule has 6 nitrogen and oxygen atoms in total. The molecule has 2 aromatic rings. The first-order chi connectivity index (χ1) is 10.2. The third-order valence-electron chi connectivity index (χ3n) is 3.61. The second kappa shape index (κ2) is 5.40. The summed E-state index contributed by atoms with van der Waals surface area (Å²) in [5.41, 5.74) is 1.38. The summed E-state index contributed by atoms with van der Waals surface area (Å²) >= 11 is 0. The molecule has 2 amide bonds. The van der Waals surface area contributed by atoms with Crippen molar-refractivity contribution in [2.24, 2.45) is 0 Å². The van der Waals surface area contributed by atoms with E-state index < -0.39 is 6.04 Å². The predicted octanol–water partition coefficient (Wildman–Crippen LogP) is 0.833. The summed E-state index contributed by atoms with van der Waals surface area (Å²) in [7, 11) is 0. The van der Waals surface area contributed by atoms with Gasteiger partial charge in [0.2, 0.25) is 5.91 Å². The van der Waals surface area contributed by atoms with Gasteiger partial charge in [-0.2, -0.15) is 5.10 Å². The van der Waals surface area contributed by atoms with Crippen molar-refractivity contribution < 1.29 is 9.59 Å². The number of benzene rings is 1. The fourth-order valence-corrected chi connectivity index (χ4v) is 2.38. The molecule has 1 aliphatic rings. The van der Waals surface area contributed by atoms with Crippen molar-refractivity contribution in [3.8, 4) is 5.69 Å². The Kier molecular flexibility index (Phi) is 3.43. The molecule has 21 heavy (non-hydrogen) atoms. The third-order valence-corrected chi connectivity index (χ3v) is 3.61. The van der Waals surface area contributed by atoms with Crippen LogP contribution in [0.25, 0.3) is 5.69 Å². The number of hydrogen-bond acceptors (Lipinski definition) is 3. The summed E-state index contributed by atoms with van der Waals surface area (Å²) in [4.78, 5) is 25.7. The number of carbonyl (C=O) groups excluding carboxylic acids is 2. The Hall–Kier alpha value is -2.63. The van der Waals surface area contributed by atoms with Crippen LogP contribution in [0.2, 0.25) is 0 Å². The van der Waals surface area contributed by atoms with Gasteiger partial charge in [-0.25, -0.2) is 4.68 Å². The van der Waals surface area contributed by atoms with Crippen LogP contribution in [0.15, 0.2) is 42.7 Å². The molecule has 0 spiro atoms. The molecule has 1 unspecified atom stereocenters. The lowest BCUT2D eigenvalue weighted by Gasteiger charge is -2.32. The molecular weight excluding hydrogens is 268 g/mol. The number of nitrogens with one attached hydrogen (secondary N) is 1. The summed E-state index contributed by atoms with van der Waals surface area (Å²) in [5, 5.41) is 6.96. The van der Waals surface area contributed by atoms with E-state index >= 15 is 0 Å². The van der Waals surface area contributed by atoms with Crippen molar-refractivity contribution in [3.05, 3.63) is 48.3 Å². The second-order valence-electron chi connectivity index (χ2n) is 4.97. The normalized spacial score (nSPS) is 18.4. The highest BCUT2D eigenvalue weighted by Crippen LogP contribution is 2.13. The van der Waals surface area contributed by atoms with Crippen LogP contribution in [0.4, 0.5) is 0 Å². The molecule has 1 aromatic carbocycles. The monoisotopic (exact) mass is 284 g/mol. The van der Waals surface area contributed by atoms with Crippen LogP contribution in [0, 0.1) is 0 Å². The molecule has 0 bridgehead atoms. The first-order valence-corrected chi connectivity index (χ1v) is 6.85.